The smallest absolute Gasteiger partial charge is 0.275 e. The van der Waals surface area contributed by atoms with Crippen LogP contribution in [0.3, 0.4) is 0 Å². The molecule has 0 spiro atoms. The maximum absolute atomic E-state index is 14.7. The lowest BCUT2D eigenvalue weighted by Gasteiger charge is -2.24. The summed E-state index contributed by atoms with van der Waals surface area (Å²) in [6.07, 6.45) is 4.59. The number of nitrogens with one attached hydrogen (secondary N) is 1. The molecule has 1 saturated carbocycles. The first-order valence-electron chi connectivity index (χ1n) is 13.4. The number of carbonyl (C=O) groups is 2. The molecule has 0 radical (unpaired) electrons. The number of alkyl halides is 2. The first-order chi connectivity index (χ1) is 20.6. The van der Waals surface area contributed by atoms with Gasteiger partial charge in [-0.05, 0) is 43.4 Å². The molecule has 3 aromatic heterocycles. The van der Waals surface area contributed by atoms with Crippen molar-refractivity contribution in [2.45, 2.75) is 32.7 Å². The molecule has 14 heteroatoms. The van der Waals surface area contributed by atoms with Gasteiger partial charge in [0.05, 0.1) is 41.6 Å². The maximum Gasteiger partial charge on any atom is 0.275 e. The van der Waals surface area contributed by atoms with Crippen LogP contribution in [0.25, 0.3) is 11.3 Å². The van der Waals surface area contributed by atoms with E-state index in [0.717, 1.165) is 42.1 Å². The molecule has 1 saturated heterocycles. The van der Waals surface area contributed by atoms with Gasteiger partial charge in [0.2, 0.25) is 5.91 Å². The molecule has 2 amide bonds. The number of carbonyl (C=O) groups excluding carboxylic acids is 2. The number of rotatable bonds is 8. The molecule has 3 atom stereocenters. The van der Waals surface area contributed by atoms with Crippen molar-refractivity contribution in [3.8, 4) is 11.3 Å². The average molecular weight is 612 g/mol. The van der Waals surface area contributed by atoms with Crippen molar-refractivity contribution in [2.75, 3.05) is 23.4 Å². The van der Waals surface area contributed by atoms with E-state index in [4.69, 9.17) is 11.6 Å². The van der Waals surface area contributed by atoms with Crippen LogP contribution < -0.4 is 10.2 Å². The molecular weight excluding hydrogens is 587 g/mol. The van der Waals surface area contributed by atoms with Gasteiger partial charge in [0.15, 0.2) is 5.82 Å². The number of hydrogen-bond donors (Lipinski definition) is 2. The minimum absolute atomic E-state index is 0.0984. The van der Waals surface area contributed by atoms with Gasteiger partial charge < -0.3 is 10.4 Å². The van der Waals surface area contributed by atoms with Gasteiger partial charge in [-0.1, -0.05) is 17.7 Å². The highest BCUT2D eigenvalue weighted by Gasteiger charge is 2.53. The monoisotopic (exact) mass is 611 g/mol. The van der Waals surface area contributed by atoms with E-state index >= 15 is 0 Å². The fraction of sp³-hybridized carbons (Fsp3) is 0.310. The van der Waals surface area contributed by atoms with Crippen molar-refractivity contribution >= 4 is 34.9 Å². The summed E-state index contributed by atoms with van der Waals surface area (Å²) in [7, 11) is 0. The van der Waals surface area contributed by atoms with E-state index < -0.39 is 35.3 Å². The van der Waals surface area contributed by atoms with E-state index in [2.05, 4.69) is 25.4 Å². The summed E-state index contributed by atoms with van der Waals surface area (Å²) in [5.74, 6) is -0.628. The number of fused-ring (bicyclic) bond motifs is 1. The second-order valence-electron chi connectivity index (χ2n) is 10.6. The Balaban J connectivity index is 1.22. The van der Waals surface area contributed by atoms with E-state index in [1.807, 2.05) is 13.8 Å². The van der Waals surface area contributed by atoms with Crippen LogP contribution in [0.5, 0.6) is 0 Å². The van der Waals surface area contributed by atoms with E-state index in [-0.39, 0.29) is 40.5 Å². The summed E-state index contributed by atoms with van der Waals surface area (Å²) in [4.78, 5) is 39.8. The molecule has 222 valence electrons. The fourth-order valence-corrected chi connectivity index (χ4v) is 5.64. The van der Waals surface area contributed by atoms with Crippen LogP contribution in [0.4, 0.5) is 24.7 Å². The van der Waals surface area contributed by atoms with Gasteiger partial charge in [-0.15, -0.1) is 0 Å². The molecule has 0 bridgehead atoms. The third kappa shape index (κ3) is 5.12. The first kappa shape index (κ1) is 28.7. The second-order valence-corrected chi connectivity index (χ2v) is 11.0. The van der Waals surface area contributed by atoms with Gasteiger partial charge in [0, 0.05) is 41.5 Å². The Morgan fingerprint density at radius 3 is 2.65 bits per heavy atom. The standard InChI is InChI=1S/C29H25ClF3N7O3/c1-13-14(2)27(39-10-15-5-18(15)29(39)43)35-7-19(13)23(12-41)40-11-16(6-36-40)37-28(42)22-9-34-8-21(38-22)24-17(26(32)33)3-4-20(30)25(24)31/h3-4,6-9,11,15,18,23,26,41H,5,10,12H2,1-2H3,(H,37,42)/t15?,18-,23?/m1/s1. The number of aromatic nitrogens is 5. The van der Waals surface area contributed by atoms with Crippen LogP contribution >= 0.6 is 11.6 Å². The predicted octanol–water partition coefficient (Wildman–Crippen LogP) is 4.90. The summed E-state index contributed by atoms with van der Waals surface area (Å²) < 4.78 is 43.4. The van der Waals surface area contributed by atoms with Crippen molar-refractivity contribution in [3.05, 3.63) is 81.9 Å². The van der Waals surface area contributed by atoms with Crippen molar-refractivity contribution in [1.82, 2.24) is 24.7 Å². The molecule has 2 fully saturated rings. The highest BCUT2D eigenvalue weighted by atomic mass is 35.5. The van der Waals surface area contributed by atoms with Crippen molar-refractivity contribution in [2.24, 2.45) is 11.8 Å². The number of amides is 2. The van der Waals surface area contributed by atoms with Crippen LogP contribution in [0.2, 0.25) is 5.02 Å². The van der Waals surface area contributed by atoms with Gasteiger partial charge in [-0.3, -0.25) is 24.2 Å². The number of aliphatic hydroxyl groups is 1. The quantitative estimate of drug-likeness (QED) is 0.290. The van der Waals surface area contributed by atoms with Gasteiger partial charge >= 0.3 is 0 Å². The molecule has 6 rings (SSSR count). The fourth-order valence-electron chi connectivity index (χ4n) is 5.48. The SMILES string of the molecule is Cc1c(C(CO)n2cc(NC(=O)c3cncc(-c4c(C(F)F)ccc(Cl)c4F)n3)cn2)cnc(N2CC3C[C@H]3C2=O)c1C. The number of nitrogens with zero attached hydrogens (tertiary/aromatic N) is 6. The minimum Gasteiger partial charge on any atom is -0.394 e. The van der Waals surface area contributed by atoms with Crippen LogP contribution in [-0.2, 0) is 4.79 Å². The number of pyridine rings is 1. The number of halogens is 4. The van der Waals surface area contributed by atoms with E-state index in [1.54, 1.807) is 11.1 Å². The molecular formula is C29H25ClF3N7O3. The number of anilines is 2. The Morgan fingerprint density at radius 1 is 1.16 bits per heavy atom. The second kappa shape index (κ2) is 11.0. The summed E-state index contributed by atoms with van der Waals surface area (Å²) in [5, 5.41) is 16.8. The van der Waals surface area contributed by atoms with Crippen LogP contribution in [-0.4, -0.2) is 54.8 Å². The molecule has 2 aliphatic rings. The number of aliphatic hydroxyl groups excluding tert-OH is 1. The summed E-state index contributed by atoms with van der Waals surface area (Å²) in [6, 6.07) is 1.37. The average Bonchev–Trinajstić information content (AvgIpc) is 3.50. The molecule has 4 heterocycles. The van der Waals surface area contributed by atoms with Gasteiger partial charge in [0.1, 0.15) is 17.6 Å². The Labute approximate surface area is 248 Å². The Bertz CT molecular complexity index is 1770. The van der Waals surface area contributed by atoms with Crippen molar-refractivity contribution in [1.29, 1.82) is 0 Å². The molecule has 1 aliphatic heterocycles. The summed E-state index contributed by atoms with van der Waals surface area (Å²) >= 11 is 5.81. The van der Waals surface area contributed by atoms with Crippen LogP contribution in [0, 0.1) is 31.5 Å². The van der Waals surface area contributed by atoms with Gasteiger partial charge in [0.25, 0.3) is 12.3 Å². The Kier molecular flexibility index (Phi) is 7.38. The normalized spacial score (nSPS) is 18.2. The van der Waals surface area contributed by atoms with Crippen LogP contribution in [0.15, 0.2) is 43.1 Å². The lowest BCUT2D eigenvalue weighted by atomic mass is 10.00. The Hall–Kier alpha value is -4.36. The first-order valence-corrected chi connectivity index (χ1v) is 13.8. The summed E-state index contributed by atoms with van der Waals surface area (Å²) in [6.45, 7) is 4.11. The molecule has 4 aromatic rings. The highest BCUT2D eigenvalue weighted by Crippen LogP contribution is 2.47. The zero-order chi connectivity index (χ0) is 30.6. The predicted molar refractivity (Wildman–Crippen MR) is 150 cm³/mol. The van der Waals surface area contributed by atoms with Gasteiger partial charge in [-0.25, -0.2) is 23.1 Å². The van der Waals surface area contributed by atoms with Gasteiger partial charge in [-0.2, -0.15) is 5.10 Å². The molecule has 1 aliphatic carbocycles. The molecule has 2 N–H and O–H groups in total. The van der Waals surface area contributed by atoms with Crippen LogP contribution in [0.1, 0.15) is 51.6 Å². The third-order valence-electron chi connectivity index (χ3n) is 8.03. The Morgan fingerprint density at radius 2 is 1.95 bits per heavy atom. The zero-order valence-electron chi connectivity index (χ0n) is 22.9. The van der Waals surface area contributed by atoms with E-state index in [1.165, 1.54) is 17.1 Å². The molecule has 2 unspecified atom stereocenters. The topological polar surface area (TPSA) is 126 Å². The number of hydrogen-bond acceptors (Lipinski definition) is 7. The largest absolute Gasteiger partial charge is 0.394 e. The number of piperidine rings is 1. The molecule has 43 heavy (non-hydrogen) atoms. The lowest BCUT2D eigenvalue weighted by Crippen LogP contribution is -2.30. The van der Waals surface area contributed by atoms with E-state index in [0.29, 0.717) is 23.8 Å². The number of benzene rings is 1. The van der Waals surface area contributed by atoms with Crippen molar-refractivity contribution in [3.63, 3.8) is 0 Å². The summed E-state index contributed by atoms with van der Waals surface area (Å²) in [5.41, 5.74) is 0.897. The molecule has 1 aromatic carbocycles. The minimum atomic E-state index is -3.02. The zero-order valence-corrected chi connectivity index (χ0v) is 23.7. The maximum atomic E-state index is 14.7. The molecule has 10 nitrogen and oxygen atoms in total. The highest BCUT2D eigenvalue weighted by molar-refractivity contribution is 6.31. The third-order valence-corrected chi connectivity index (χ3v) is 8.32. The lowest BCUT2D eigenvalue weighted by molar-refractivity contribution is -0.118. The van der Waals surface area contributed by atoms with Crippen molar-refractivity contribution < 1.29 is 27.9 Å². The van der Waals surface area contributed by atoms with E-state index in [9.17, 15) is 27.9 Å².